The predicted molar refractivity (Wildman–Crippen MR) is 77.2 cm³/mol. The molecule has 0 aromatic carbocycles. The zero-order chi connectivity index (χ0) is 14.7. The molecule has 0 spiro atoms. The Kier molecular flexibility index (Phi) is 4.40. The summed E-state index contributed by atoms with van der Waals surface area (Å²) in [5, 5.41) is 7.13. The third kappa shape index (κ3) is 3.19. The molecule has 2 aliphatic rings. The molecular formula is C14H22N4O3. The molecule has 21 heavy (non-hydrogen) atoms. The second-order valence-electron chi connectivity index (χ2n) is 5.52. The Hall–Kier alpha value is -1.60. The Labute approximate surface area is 124 Å². The van der Waals surface area contributed by atoms with Gasteiger partial charge in [0.05, 0.1) is 43.8 Å². The van der Waals surface area contributed by atoms with E-state index < -0.39 is 0 Å². The minimum absolute atomic E-state index is 0.0542. The van der Waals surface area contributed by atoms with Gasteiger partial charge in [0.25, 0.3) is 0 Å². The van der Waals surface area contributed by atoms with Gasteiger partial charge in [0.15, 0.2) is 0 Å². The fourth-order valence-corrected chi connectivity index (χ4v) is 3.11. The third-order valence-electron chi connectivity index (χ3n) is 4.15. The molecule has 7 nitrogen and oxygen atoms in total. The van der Waals surface area contributed by atoms with Gasteiger partial charge in [-0.3, -0.25) is 4.68 Å². The number of urea groups is 1. The van der Waals surface area contributed by atoms with Gasteiger partial charge in [0.1, 0.15) is 0 Å². The van der Waals surface area contributed by atoms with Crippen LogP contribution in [0.1, 0.15) is 19.3 Å². The highest BCUT2D eigenvalue weighted by Gasteiger charge is 2.38. The minimum atomic E-state index is -0.0542. The summed E-state index contributed by atoms with van der Waals surface area (Å²) in [6.07, 6.45) is 6.93. The van der Waals surface area contributed by atoms with Crippen molar-refractivity contribution >= 4 is 11.7 Å². The van der Waals surface area contributed by atoms with Gasteiger partial charge < -0.3 is 19.7 Å². The van der Waals surface area contributed by atoms with E-state index in [0.717, 1.165) is 24.9 Å². The van der Waals surface area contributed by atoms with E-state index in [-0.39, 0.29) is 18.2 Å². The number of ether oxygens (including phenoxy) is 2. The van der Waals surface area contributed by atoms with Crippen molar-refractivity contribution in [1.82, 2.24) is 14.7 Å². The van der Waals surface area contributed by atoms with Crippen molar-refractivity contribution in [2.75, 3.05) is 32.2 Å². The lowest BCUT2D eigenvalue weighted by atomic mass is 10.1. The Morgan fingerprint density at radius 3 is 3.33 bits per heavy atom. The number of hydrogen-bond donors (Lipinski definition) is 1. The zero-order valence-corrected chi connectivity index (χ0v) is 12.3. The van der Waals surface area contributed by atoms with Gasteiger partial charge in [-0.05, 0) is 19.3 Å². The summed E-state index contributed by atoms with van der Waals surface area (Å²) < 4.78 is 12.5. The number of hydrogen-bond acceptors (Lipinski definition) is 4. The van der Waals surface area contributed by atoms with Crippen LogP contribution < -0.4 is 5.32 Å². The van der Waals surface area contributed by atoms with Crippen LogP contribution in [0.25, 0.3) is 0 Å². The number of anilines is 1. The molecule has 0 bridgehead atoms. The Morgan fingerprint density at radius 2 is 2.48 bits per heavy atom. The summed E-state index contributed by atoms with van der Waals surface area (Å²) in [5.41, 5.74) is 0.720. The molecule has 1 saturated heterocycles. The van der Waals surface area contributed by atoms with E-state index in [1.807, 2.05) is 11.1 Å². The van der Waals surface area contributed by atoms with Crippen molar-refractivity contribution in [2.45, 2.75) is 38.0 Å². The number of morpholine rings is 1. The van der Waals surface area contributed by atoms with Gasteiger partial charge in [0.2, 0.25) is 0 Å². The van der Waals surface area contributed by atoms with Crippen molar-refractivity contribution in [3.8, 4) is 0 Å². The van der Waals surface area contributed by atoms with E-state index in [1.165, 1.54) is 0 Å². The number of nitrogens with one attached hydrogen (secondary N) is 1. The predicted octanol–water partition coefficient (Wildman–Crippen LogP) is 1.31. The summed E-state index contributed by atoms with van der Waals surface area (Å²) in [6, 6.07) is 0.170. The van der Waals surface area contributed by atoms with Gasteiger partial charge in [-0.1, -0.05) is 0 Å². The molecular weight excluding hydrogens is 272 g/mol. The number of aromatic nitrogens is 2. The topological polar surface area (TPSA) is 68.6 Å². The van der Waals surface area contributed by atoms with E-state index in [9.17, 15) is 4.79 Å². The molecule has 1 aliphatic carbocycles. The fourth-order valence-electron chi connectivity index (χ4n) is 3.11. The van der Waals surface area contributed by atoms with E-state index in [0.29, 0.717) is 26.3 Å². The number of carbonyl (C=O) groups excluding carboxylic acids is 1. The fraction of sp³-hybridized carbons (Fsp3) is 0.714. The molecule has 3 rings (SSSR count). The van der Waals surface area contributed by atoms with Crippen molar-refractivity contribution in [2.24, 2.45) is 0 Å². The lowest BCUT2D eigenvalue weighted by molar-refractivity contribution is -0.0362. The molecule has 1 aromatic rings. The van der Waals surface area contributed by atoms with Crippen LogP contribution in [-0.2, 0) is 16.0 Å². The highest BCUT2D eigenvalue weighted by molar-refractivity contribution is 5.89. The SMILES string of the molecule is COCCn1cc(NC(=O)N2CCOC3CCCC32)cn1. The highest BCUT2D eigenvalue weighted by Crippen LogP contribution is 2.30. The lowest BCUT2D eigenvalue weighted by Crippen LogP contribution is -2.52. The third-order valence-corrected chi connectivity index (χ3v) is 4.15. The van der Waals surface area contributed by atoms with Crippen LogP contribution >= 0.6 is 0 Å². The average molecular weight is 294 g/mol. The van der Waals surface area contributed by atoms with Crippen molar-refractivity contribution in [1.29, 1.82) is 0 Å². The normalized spacial score (nSPS) is 24.9. The lowest BCUT2D eigenvalue weighted by Gasteiger charge is -2.37. The van der Waals surface area contributed by atoms with Crippen LogP contribution in [0, 0.1) is 0 Å². The summed E-state index contributed by atoms with van der Waals surface area (Å²) >= 11 is 0. The van der Waals surface area contributed by atoms with Gasteiger partial charge in [0, 0.05) is 19.9 Å². The molecule has 2 atom stereocenters. The summed E-state index contributed by atoms with van der Waals surface area (Å²) in [7, 11) is 1.66. The van der Waals surface area contributed by atoms with Crippen molar-refractivity contribution in [3.63, 3.8) is 0 Å². The molecule has 116 valence electrons. The van der Waals surface area contributed by atoms with Gasteiger partial charge in [-0.25, -0.2) is 4.79 Å². The number of rotatable bonds is 4. The van der Waals surface area contributed by atoms with E-state index in [2.05, 4.69) is 10.4 Å². The van der Waals surface area contributed by atoms with Gasteiger partial charge in [-0.15, -0.1) is 0 Å². The first-order valence-electron chi connectivity index (χ1n) is 7.48. The Morgan fingerprint density at radius 1 is 1.57 bits per heavy atom. The van der Waals surface area contributed by atoms with E-state index >= 15 is 0 Å². The molecule has 2 amide bonds. The smallest absolute Gasteiger partial charge is 0.322 e. The first-order valence-corrected chi connectivity index (χ1v) is 7.48. The van der Waals surface area contributed by atoms with Gasteiger partial charge >= 0.3 is 6.03 Å². The van der Waals surface area contributed by atoms with Crippen molar-refractivity contribution in [3.05, 3.63) is 12.4 Å². The maximum Gasteiger partial charge on any atom is 0.322 e. The molecule has 0 radical (unpaired) electrons. The Bertz CT molecular complexity index is 490. The molecule has 7 heteroatoms. The summed E-state index contributed by atoms with van der Waals surface area (Å²) in [5.74, 6) is 0. The molecule has 1 aliphatic heterocycles. The first kappa shape index (κ1) is 14.3. The monoisotopic (exact) mass is 294 g/mol. The van der Waals surface area contributed by atoms with Gasteiger partial charge in [-0.2, -0.15) is 5.10 Å². The van der Waals surface area contributed by atoms with Crippen LogP contribution in [0.4, 0.5) is 10.5 Å². The average Bonchev–Trinajstić information content (AvgIpc) is 3.13. The summed E-state index contributed by atoms with van der Waals surface area (Å²) in [6.45, 7) is 2.56. The second-order valence-corrected chi connectivity index (χ2v) is 5.52. The quantitative estimate of drug-likeness (QED) is 0.909. The highest BCUT2D eigenvalue weighted by atomic mass is 16.5. The zero-order valence-electron chi connectivity index (χ0n) is 12.3. The molecule has 1 N–H and O–H groups in total. The largest absolute Gasteiger partial charge is 0.383 e. The Balaban J connectivity index is 1.59. The van der Waals surface area contributed by atoms with Crippen LogP contribution in [0.2, 0.25) is 0 Å². The summed E-state index contributed by atoms with van der Waals surface area (Å²) in [4.78, 5) is 14.3. The number of methoxy groups -OCH3 is 1. The minimum Gasteiger partial charge on any atom is -0.383 e. The molecule has 2 fully saturated rings. The van der Waals surface area contributed by atoms with Crippen LogP contribution in [-0.4, -0.2) is 59.7 Å². The number of fused-ring (bicyclic) bond motifs is 1. The molecule has 1 aromatic heterocycles. The number of amides is 2. The second kappa shape index (κ2) is 6.44. The number of carbonyl (C=O) groups is 1. The standard InChI is InChI=1S/C14H22N4O3/c1-20-7-5-17-10-11(9-15-17)16-14(19)18-6-8-21-13-4-2-3-12(13)18/h9-10,12-13H,2-8H2,1H3,(H,16,19). The van der Waals surface area contributed by atoms with E-state index in [4.69, 9.17) is 9.47 Å². The molecule has 2 unspecified atom stereocenters. The van der Waals surface area contributed by atoms with Crippen LogP contribution in [0.3, 0.4) is 0 Å². The molecule has 2 heterocycles. The maximum absolute atomic E-state index is 12.4. The number of nitrogens with zero attached hydrogens (tertiary/aromatic N) is 3. The maximum atomic E-state index is 12.4. The first-order chi connectivity index (χ1) is 10.3. The van der Waals surface area contributed by atoms with Crippen molar-refractivity contribution < 1.29 is 14.3 Å². The van der Waals surface area contributed by atoms with Crippen LogP contribution in [0.5, 0.6) is 0 Å². The molecule has 1 saturated carbocycles. The van der Waals surface area contributed by atoms with E-state index in [1.54, 1.807) is 18.0 Å². The van der Waals surface area contributed by atoms with Crippen LogP contribution in [0.15, 0.2) is 12.4 Å².